The van der Waals surface area contributed by atoms with Crippen LogP contribution in [-0.4, -0.2) is 19.1 Å². The molecule has 1 aliphatic rings. The maximum Gasteiger partial charge on any atom is 0.160 e. The highest BCUT2D eigenvalue weighted by Gasteiger charge is 2.23. The van der Waals surface area contributed by atoms with Crippen LogP contribution in [0.15, 0.2) is 158 Å². The topological polar surface area (TPSA) is 44.9 Å². The van der Waals surface area contributed by atoms with Crippen LogP contribution in [0.3, 0.4) is 0 Å². The van der Waals surface area contributed by atoms with Gasteiger partial charge in [-0.2, -0.15) is 0 Å². The van der Waals surface area contributed by atoms with Gasteiger partial charge in [-0.15, -0.1) is 0 Å². The van der Waals surface area contributed by atoms with Crippen molar-refractivity contribution in [2.75, 3.05) is 0 Å². The van der Waals surface area contributed by atoms with Gasteiger partial charge in [0.05, 0.1) is 38.7 Å². The van der Waals surface area contributed by atoms with E-state index in [9.17, 15) is 0 Å². The highest BCUT2D eigenvalue weighted by molar-refractivity contribution is 6.12. The molecule has 0 bridgehead atoms. The third kappa shape index (κ3) is 3.75. The van der Waals surface area contributed by atoms with Crippen molar-refractivity contribution in [1.82, 2.24) is 19.1 Å². The smallest absolute Gasteiger partial charge is 0.160 e. The number of para-hydroxylation sites is 4. The Bertz CT molecular complexity index is 2930. The molecule has 4 heterocycles. The van der Waals surface area contributed by atoms with Gasteiger partial charge in [0, 0.05) is 44.0 Å². The third-order valence-electron chi connectivity index (χ3n) is 9.90. The molecule has 5 nitrogen and oxygen atoms in total. The van der Waals surface area contributed by atoms with Crippen molar-refractivity contribution in [2.24, 2.45) is 0 Å². The number of rotatable bonds is 3. The van der Waals surface area contributed by atoms with Crippen LogP contribution in [-0.2, 0) is 0 Å². The van der Waals surface area contributed by atoms with E-state index in [0.29, 0.717) is 5.82 Å². The zero-order chi connectivity index (χ0) is 32.1. The zero-order valence-corrected chi connectivity index (χ0v) is 26.2. The SMILES string of the molecule is c1cc(-c2nc3c4c(cccc4n2)Oc2ccccc2-3)cc(-n2c3ccccc3c3cc(-n4c5ccccc5c5ccccc54)ccc32)c1. The second-order valence-corrected chi connectivity index (χ2v) is 12.6. The summed E-state index contributed by atoms with van der Waals surface area (Å²) >= 11 is 0. The molecule has 0 N–H and O–H groups in total. The first-order chi connectivity index (χ1) is 24.3. The fourth-order valence-electron chi connectivity index (χ4n) is 7.79. The van der Waals surface area contributed by atoms with Crippen molar-refractivity contribution < 1.29 is 4.74 Å². The lowest BCUT2D eigenvalue weighted by molar-refractivity contribution is 0.486. The Balaban J connectivity index is 1.11. The van der Waals surface area contributed by atoms with Gasteiger partial charge in [0.2, 0.25) is 0 Å². The fraction of sp³-hybridized carbons (Fsp3) is 0. The van der Waals surface area contributed by atoms with Gasteiger partial charge in [0.1, 0.15) is 11.5 Å². The lowest BCUT2D eigenvalue weighted by Crippen LogP contribution is -2.02. The van der Waals surface area contributed by atoms with E-state index in [0.717, 1.165) is 61.6 Å². The Morgan fingerprint density at radius 1 is 0.429 bits per heavy atom. The van der Waals surface area contributed by atoms with Gasteiger partial charge < -0.3 is 13.9 Å². The molecule has 0 fully saturated rings. The van der Waals surface area contributed by atoms with Gasteiger partial charge in [-0.05, 0) is 72.8 Å². The lowest BCUT2D eigenvalue weighted by atomic mass is 10.0. The predicted octanol–water partition coefficient (Wildman–Crippen LogP) is 11.3. The van der Waals surface area contributed by atoms with Crippen LogP contribution >= 0.6 is 0 Å². The lowest BCUT2D eigenvalue weighted by Gasteiger charge is -2.20. The standard InChI is InChI=1S/C44H26N4O/c1-5-18-36-30(13-1)31-14-2-6-19-37(31)48(36)29-23-24-39-34(26-29)32-15-3-7-20-38(32)47(39)28-12-9-11-27(25-28)44-45-35-17-10-22-41-42(35)43(46-44)33-16-4-8-21-40(33)49-41/h1-26H. The first-order valence-corrected chi connectivity index (χ1v) is 16.5. The first-order valence-electron chi connectivity index (χ1n) is 16.5. The van der Waals surface area contributed by atoms with Crippen molar-refractivity contribution >= 4 is 54.5 Å². The first kappa shape index (κ1) is 26.4. The summed E-state index contributed by atoms with van der Waals surface area (Å²) in [4.78, 5) is 10.2. The molecule has 1 aliphatic heterocycles. The molecule has 0 atom stereocenters. The van der Waals surface area contributed by atoms with E-state index in [4.69, 9.17) is 14.7 Å². The third-order valence-corrected chi connectivity index (χ3v) is 9.90. The fourth-order valence-corrected chi connectivity index (χ4v) is 7.79. The normalized spacial score (nSPS) is 12.2. The summed E-state index contributed by atoms with van der Waals surface area (Å²) in [6, 6.07) is 55.5. The molecule has 10 aromatic rings. The van der Waals surface area contributed by atoms with Gasteiger partial charge in [0.25, 0.3) is 0 Å². The van der Waals surface area contributed by atoms with Gasteiger partial charge in [-0.3, -0.25) is 0 Å². The van der Waals surface area contributed by atoms with Crippen LogP contribution in [0.1, 0.15) is 0 Å². The second-order valence-electron chi connectivity index (χ2n) is 12.6. The molecule has 228 valence electrons. The maximum absolute atomic E-state index is 6.23. The number of hydrogen-bond donors (Lipinski definition) is 0. The molecular formula is C44H26N4O. The molecule has 0 amide bonds. The van der Waals surface area contributed by atoms with Crippen LogP contribution < -0.4 is 4.74 Å². The molecule has 0 radical (unpaired) electrons. The summed E-state index contributed by atoms with van der Waals surface area (Å²) in [5.74, 6) is 2.29. The van der Waals surface area contributed by atoms with Gasteiger partial charge >= 0.3 is 0 Å². The summed E-state index contributed by atoms with van der Waals surface area (Å²) < 4.78 is 11.0. The van der Waals surface area contributed by atoms with Gasteiger partial charge in [-0.1, -0.05) is 84.9 Å². The van der Waals surface area contributed by atoms with Crippen molar-refractivity contribution in [3.63, 3.8) is 0 Å². The molecular weight excluding hydrogens is 601 g/mol. The minimum Gasteiger partial charge on any atom is -0.456 e. The summed E-state index contributed by atoms with van der Waals surface area (Å²) in [5.41, 5.74) is 10.6. The number of benzene rings is 7. The Morgan fingerprint density at radius 2 is 1.02 bits per heavy atom. The van der Waals surface area contributed by atoms with Gasteiger partial charge in [-0.25, -0.2) is 9.97 Å². The van der Waals surface area contributed by atoms with E-state index in [1.165, 1.54) is 32.6 Å². The number of nitrogens with zero attached hydrogens (tertiary/aromatic N) is 4. The summed E-state index contributed by atoms with van der Waals surface area (Å²) in [6.07, 6.45) is 0. The molecule has 0 saturated heterocycles. The molecule has 0 saturated carbocycles. The average Bonchev–Trinajstić information content (AvgIpc) is 3.67. The Kier molecular flexibility index (Phi) is 5.32. The maximum atomic E-state index is 6.23. The monoisotopic (exact) mass is 626 g/mol. The van der Waals surface area contributed by atoms with Crippen LogP contribution in [0.4, 0.5) is 0 Å². The van der Waals surface area contributed by atoms with Crippen LogP contribution in [0.5, 0.6) is 11.5 Å². The summed E-state index contributed by atoms with van der Waals surface area (Å²) in [5, 5.41) is 5.88. The van der Waals surface area contributed by atoms with Crippen molar-refractivity contribution in [2.45, 2.75) is 0 Å². The Hall–Kier alpha value is -6.72. The van der Waals surface area contributed by atoms with E-state index in [1.807, 2.05) is 36.4 Å². The number of fused-ring (bicyclic) bond motifs is 8. The molecule has 0 aliphatic carbocycles. The molecule has 49 heavy (non-hydrogen) atoms. The van der Waals surface area contributed by atoms with E-state index in [1.54, 1.807) is 0 Å². The highest BCUT2D eigenvalue weighted by Crippen LogP contribution is 2.45. The van der Waals surface area contributed by atoms with Crippen molar-refractivity contribution in [3.8, 4) is 45.5 Å². The van der Waals surface area contributed by atoms with Gasteiger partial charge in [0.15, 0.2) is 5.82 Å². The van der Waals surface area contributed by atoms with E-state index < -0.39 is 0 Å². The van der Waals surface area contributed by atoms with Crippen LogP contribution in [0, 0.1) is 0 Å². The highest BCUT2D eigenvalue weighted by atomic mass is 16.5. The Labute approximate surface area is 280 Å². The molecule has 7 aromatic carbocycles. The van der Waals surface area contributed by atoms with Crippen molar-refractivity contribution in [1.29, 1.82) is 0 Å². The quantitative estimate of drug-likeness (QED) is 0.196. The average molecular weight is 627 g/mol. The van der Waals surface area contributed by atoms with E-state index in [-0.39, 0.29) is 0 Å². The van der Waals surface area contributed by atoms with Crippen LogP contribution in [0.25, 0.3) is 88.5 Å². The molecule has 5 heteroatoms. The molecule has 11 rings (SSSR count). The van der Waals surface area contributed by atoms with E-state index >= 15 is 0 Å². The summed E-state index contributed by atoms with van der Waals surface area (Å²) in [6.45, 7) is 0. The zero-order valence-electron chi connectivity index (χ0n) is 26.2. The van der Waals surface area contributed by atoms with Crippen molar-refractivity contribution in [3.05, 3.63) is 158 Å². The largest absolute Gasteiger partial charge is 0.456 e. The minimum atomic E-state index is 0.688. The Morgan fingerprint density at radius 3 is 1.78 bits per heavy atom. The molecule has 0 unspecified atom stereocenters. The summed E-state index contributed by atoms with van der Waals surface area (Å²) in [7, 11) is 0. The number of hydrogen-bond acceptors (Lipinski definition) is 3. The predicted molar refractivity (Wildman–Crippen MR) is 199 cm³/mol. The minimum absolute atomic E-state index is 0.688. The van der Waals surface area contributed by atoms with Crippen LogP contribution in [0.2, 0.25) is 0 Å². The second kappa shape index (κ2) is 9.89. The van der Waals surface area contributed by atoms with E-state index in [2.05, 4.69) is 130 Å². The number of aromatic nitrogens is 4. The molecule has 0 spiro atoms. The number of ether oxygens (including phenoxy) is 1. The molecule has 3 aromatic heterocycles.